The predicted molar refractivity (Wildman–Crippen MR) is 131 cm³/mol. The van der Waals surface area contributed by atoms with E-state index in [-0.39, 0.29) is 23.3 Å². The van der Waals surface area contributed by atoms with Crippen LogP contribution >= 0.6 is 34.7 Å². The molecule has 11 heteroatoms. The van der Waals surface area contributed by atoms with Crippen molar-refractivity contribution in [2.75, 3.05) is 11.1 Å². The van der Waals surface area contributed by atoms with Gasteiger partial charge in [-0.15, -0.1) is 28.1 Å². The topological polar surface area (TPSA) is 92.8 Å². The van der Waals surface area contributed by atoms with E-state index in [1.165, 1.54) is 46.2 Å². The zero-order valence-corrected chi connectivity index (χ0v) is 20.5. The highest BCUT2D eigenvalue weighted by Gasteiger charge is 2.22. The molecule has 0 unspecified atom stereocenters. The van der Waals surface area contributed by atoms with Gasteiger partial charge in [-0.25, -0.2) is 4.39 Å². The summed E-state index contributed by atoms with van der Waals surface area (Å²) in [5.41, 5.74) is 1.67. The van der Waals surface area contributed by atoms with Crippen molar-refractivity contribution in [3.63, 3.8) is 0 Å². The fourth-order valence-electron chi connectivity index (χ4n) is 3.64. The average molecular weight is 518 g/mol. The maximum absolute atomic E-state index is 13.2. The first kappa shape index (κ1) is 24.3. The molecule has 2 aromatic heterocycles. The molecule has 0 saturated carbocycles. The summed E-state index contributed by atoms with van der Waals surface area (Å²) in [5, 5.41) is 22.1. The molecule has 0 fully saturated rings. The highest BCUT2D eigenvalue weighted by atomic mass is 35.5. The smallest absolute Gasteiger partial charge is 0.235 e. The standard InChI is InChI=1S/C23H21ClFN5O2S2/c1-2-9-30-20(12-32-18-8-7-14(25)10-17(18)24)28-29-23(30)33-13-21(31)27-22-16(11-26)15-5-3-4-6-19(15)34-22/h2,7-8,10H,1,3-6,9,12-13H2,(H,27,31). The summed E-state index contributed by atoms with van der Waals surface area (Å²) in [4.78, 5) is 13.8. The van der Waals surface area contributed by atoms with Crippen molar-refractivity contribution in [1.82, 2.24) is 14.8 Å². The Morgan fingerprint density at radius 1 is 1.41 bits per heavy atom. The van der Waals surface area contributed by atoms with Crippen LogP contribution in [0.5, 0.6) is 5.75 Å². The van der Waals surface area contributed by atoms with Gasteiger partial charge in [-0.3, -0.25) is 9.36 Å². The van der Waals surface area contributed by atoms with Crippen LogP contribution in [0.25, 0.3) is 0 Å². The van der Waals surface area contributed by atoms with Crippen LogP contribution in [0.1, 0.15) is 34.7 Å². The van der Waals surface area contributed by atoms with Crippen molar-refractivity contribution in [3.05, 3.63) is 63.5 Å². The van der Waals surface area contributed by atoms with Crippen LogP contribution in [-0.2, 0) is 30.8 Å². The number of thiophene rings is 1. The number of nitriles is 1. The Kier molecular flexibility index (Phi) is 7.88. The summed E-state index contributed by atoms with van der Waals surface area (Å²) < 4.78 is 20.7. The fraction of sp³-hybridized carbons (Fsp3) is 0.304. The first-order valence-corrected chi connectivity index (χ1v) is 12.8. The number of ether oxygens (including phenoxy) is 1. The Morgan fingerprint density at radius 3 is 3.00 bits per heavy atom. The SMILES string of the molecule is C=CCn1c(COc2ccc(F)cc2Cl)nnc1SCC(=O)Nc1sc2c(c1C#N)CCCC2. The van der Waals surface area contributed by atoms with E-state index >= 15 is 0 Å². The molecule has 0 aliphatic heterocycles. The quantitative estimate of drug-likeness (QED) is 0.302. The number of aryl methyl sites for hydroxylation is 1. The van der Waals surface area contributed by atoms with Gasteiger partial charge in [0, 0.05) is 11.4 Å². The molecule has 0 spiro atoms. The van der Waals surface area contributed by atoms with E-state index in [2.05, 4.69) is 28.2 Å². The third-order valence-corrected chi connectivity index (χ3v) is 7.69. The first-order chi connectivity index (χ1) is 16.5. The van der Waals surface area contributed by atoms with Crippen molar-refractivity contribution in [1.29, 1.82) is 5.26 Å². The number of nitrogens with zero attached hydrogens (tertiary/aromatic N) is 4. The third-order valence-electron chi connectivity index (χ3n) is 5.22. The zero-order chi connectivity index (χ0) is 24.1. The summed E-state index contributed by atoms with van der Waals surface area (Å²) in [6, 6.07) is 6.14. The molecule has 7 nitrogen and oxygen atoms in total. The Labute approximate surface area is 209 Å². The molecular weight excluding hydrogens is 497 g/mol. The van der Waals surface area contributed by atoms with E-state index in [9.17, 15) is 14.4 Å². The van der Waals surface area contributed by atoms with E-state index in [4.69, 9.17) is 16.3 Å². The number of nitrogens with one attached hydrogen (secondary N) is 1. The Morgan fingerprint density at radius 2 is 2.24 bits per heavy atom. The predicted octanol–water partition coefficient (Wildman–Crippen LogP) is 5.38. The van der Waals surface area contributed by atoms with Crippen LogP contribution < -0.4 is 10.1 Å². The number of allylic oxidation sites excluding steroid dienone is 1. The number of thioether (sulfide) groups is 1. The lowest BCUT2D eigenvalue weighted by Gasteiger charge is -2.10. The van der Waals surface area contributed by atoms with Gasteiger partial charge in [0.1, 0.15) is 29.2 Å². The monoisotopic (exact) mass is 517 g/mol. The highest BCUT2D eigenvalue weighted by molar-refractivity contribution is 7.99. The lowest BCUT2D eigenvalue weighted by Crippen LogP contribution is -2.15. The van der Waals surface area contributed by atoms with Gasteiger partial charge in [-0.1, -0.05) is 29.4 Å². The molecule has 1 aliphatic carbocycles. The number of aromatic nitrogens is 3. The van der Waals surface area contributed by atoms with Gasteiger partial charge in [0.25, 0.3) is 0 Å². The summed E-state index contributed by atoms with van der Waals surface area (Å²) in [5.74, 6) is 0.281. The molecule has 0 atom stereocenters. The Bertz CT molecular complexity index is 1270. The van der Waals surface area contributed by atoms with Gasteiger partial charge in [-0.05, 0) is 49.4 Å². The Hall–Kier alpha value is -2.87. The second-order valence-corrected chi connectivity index (χ2v) is 9.98. The number of amides is 1. The molecule has 1 N–H and O–H groups in total. The van der Waals surface area contributed by atoms with Gasteiger partial charge >= 0.3 is 0 Å². The number of carbonyl (C=O) groups excluding carboxylic acids is 1. The van der Waals surface area contributed by atoms with Gasteiger partial charge < -0.3 is 10.1 Å². The Balaban J connectivity index is 1.40. The normalized spacial score (nSPS) is 12.6. The van der Waals surface area contributed by atoms with Crippen molar-refractivity contribution < 1.29 is 13.9 Å². The fourth-order valence-corrected chi connectivity index (χ4v) is 5.89. The third kappa shape index (κ3) is 5.43. The summed E-state index contributed by atoms with van der Waals surface area (Å²) in [6.45, 7) is 4.24. The molecular formula is C23H21ClFN5O2S2. The van der Waals surface area contributed by atoms with Crippen molar-refractivity contribution in [2.24, 2.45) is 0 Å². The van der Waals surface area contributed by atoms with E-state index in [0.29, 0.717) is 33.8 Å². The second kappa shape index (κ2) is 11.0. The molecule has 0 saturated heterocycles. The van der Waals surface area contributed by atoms with Crippen LogP contribution in [0.15, 0.2) is 36.0 Å². The number of anilines is 1. The molecule has 0 radical (unpaired) electrons. The largest absolute Gasteiger partial charge is 0.484 e. The van der Waals surface area contributed by atoms with Crippen LogP contribution in [0, 0.1) is 17.1 Å². The maximum Gasteiger partial charge on any atom is 0.235 e. The van der Waals surface area contributed by atoms with Crippen molar-refractivity contribution in [2.45, 2.75) is 44.0 Å². The summed E-state index contributed by atoms with van der Waals surface area (Å²) in [7, 11) is 0. The zero-order valence-electron chi connectivity index (χ0n) is 18.1. The van der Waals surface area contributed by atoms with Crippen LogP contribution in [0.3, 0.4) is 0 Å². The molecule has 1 amide bonds. The maximum atomic E-state index is 13.2. The first-order valence-electron chi connectivity index (χ1n) is 10.6. The number of halogens is 2. The minimum atomic E-state index is -0.450. The number of fused-ring (bicyclic) bond motifs is 1. The molecule has 4 rings (SSSR count). The van der Waals surface area contributed by atoms with E-state index in [1.54, 1.807) is 10.6 Å². The van der Waals surface area contributed by atoms with Crippen LogP contribution in [0.4, 0.5) is 9.39 Å². The van der Waals surface area contributed by atoms with Crippen LogP contribution in [0.2, 0.25) is 5.02 Å². The molecule has 1 aliphatic rings. The number of benzene rings is 1. The number of hydrogen-bond acceptors (Lipinski definition) is 7. The molecule has 1 aromatic carbocycles. The van der Waals surface area contributed by atoms with Gasteiger partial charge in [0.05, 0.1) is 16.3 Å². The summed E-state index contributed by atoms with van der Waals surface area (Å²) >= 11 is 8.74. The minimum absolute atomic E-state index is 0.0607. The molecule has 2 heterocycles. The lowest BCUT2D eigenvalue weighted by atomic mass is 9.96. The van der Waals surface area contributed by atoms with Gasteiger partial charge in [-0.2, -0.15) is 5.26 Å². The lowest BCUT2D eigenvalue weighted by molar-refractivity contribution is -0.113. The number of rotatable bonds is 9. The van der Waals surface area contributed by atoms with E-state index < -0.39 is 5.82 Å². The number of carbonyl (C=O) groups is 1. The van der Waals surface area contributed by atoms with Gasteiger partial charge in [0.15, 0.2) is 11.0 Å². The number of hydrogen-bond donors (Lipinski definition) is 1. The summed E-state index contributed by atoms with van der Waals surface area (Å²) in [6.07, 6.45) is 5.72. The average Bonchev–Trinajstić information content (AvgIpc) is 3.37. The second-order valence-electron chi connectivity index (χ2n) is 7.53. The minimum Gasteiger partial charge on any atom is -0.484 e. The molecule has 176 valence electrons. The molecule has 3 aromatic rings. The van der Waals surface area contributed by atoms with E-state index in [0.717, 1.165) is 31.2 Å². The van der Waals surface area contributed by atoms with Crippen molar-refractivity contribution in [3.8, 4) is 11.8 Å². The van der Waals surface area contributed by atoms with Crippen LogP contribution in [-0.4, -0.2) is 26.4 Å². The van der Waals surface area contributed by atoms with Gasteiger partial charge in [0.2, 0.25) is 5.91 Å². The molecule has 34 heavy (non-hydrogen) atoms. The van der Waals surface area contributed by atoms with Crippen molar-refractivity contribution >= 4 is 45.6 Å². The highest BCUT2D eigenvalue weighted by Crippen LogP contribution is 2.37. The van der Waals surface area contributed by atoms with E-state index in [1.807, 2.05) is 0 Å². The molecule has 0 bridgehead atoms.